The highest BCUT2D eigenvalue weighted by Gasteiger charge is 2.21. The molecule has 2 aromatic carbocycles. The topological polar surface area (TPSA) is 61.7 Å². The molecule has 2 aromatic heterocycles. The van der Waals surface area contributed by atoms with Crippen molar-refractivity contribution in [2.75, 3.05) is 33.2 Å². The van der Waals surface area contributed by atoms with E-state index in [2.05, 4.69) is 28.6 Å². The monoisotopic (exact) mass is 491 g/mol. The zero-order valence-corrected chi connectivity index (χ0v) is 20.7. The molecule has 0 radical (unpaired) electrons. The predicted molar refractivity (Wildman–Crippen MR) is 139 cm³/mol. The van der Waals surface area contributed by atoms with Gasteiger partial charge in [0, 0.05) is 23.4 Å². The summed E-state index contributed by atoms with van der Waals surface area (Å²) in [5, 5.41) is 6.55. The van der Waals surface area contributed by atoms with Gasteiger partial charge in [-0.15, -0.1) is 0 Å². The van der Waals surface area contributed by atoms with Crippen molar-refractivity contribution < 1.29 is 9.18 Å². The summed E-state index contributed by atoms with van der Waals surface area (Å²) in [6, 6.07) is 11.6. The SMILES string of the molecule is CN1CCC(NC(=O)c2ccc3c(c2)sc2nc(-c4ccc(C5CCNCC5)cc4F)cn23)CC1. The molecule has 35 heavy (non-hydrogen) atoms. The van der Waals surface area contributed by atoms with Gasteiger partial charge in [-0.05, 0) is 101 Å². The molecule has 2 aliphatic heterocycles. The molecular weight excluding hydrogens is 461 g/mol. The summed E-state index contributed by atoms with van der Waals surface area (Å²) in [6.07, 6.45) is 5.95. The Morgan fingerprint density at radius 1 is 1.11 bits per heavy atom. The first-order valence-corrected chi connectivity index (χ1v) is 13.3. The van der Waals surface area contributed by atoms with Gasteiger partial charge in [0.25, 0.3) is 5.91 Å². The molecule has 2 saturated heterocycles. The number of likely N-dealkylation sites (tertiary alicyclic amines) is 1. The van der Waals surface area contributed by atoms with Crippen LogP contribution in [-0.4, -0.2) is 59.5 Å². The first-order chi connectivity index (χ1) is 17.0. The Kier molecular flexibility index (Phi) is 6.04. The van der Waals surface area contributed by atoms with Gasteiger partial charge in [0.2, 0.25) is 0 Å². The van der Waals surface area contributed by atoms with Crippen LogP contribution in [0.5, 0.6) is 0 Å². The fourth-order valence-electron chi connectivity index (χ4n) is 5.34. The third-order valence-electron chi connectivity index (χ3n) is 7.49. The first-order valence-electron chi connectivity index (χ1n) is 12.5. The summed E-state index contributed by atoms with van der Waals surface area (Å²) in [5.41, 5.74) is 3.88. The summed E-state index contributed by atoms with van der Waals surface area (Å²) in [5.74, 6) is 0.174. The summed E-state index contributed by atoms with van der Waals surface area (Å²) in [6.45, 7) is 3.99. The van der Waals surface area contributed by atoms with E-state index in [0.29, 0.717) is 22.7 Å². The number of nitrogens with one attached hydrogen (secondary N) is 2. The van der Waals surface area contributed by atoms with Crippen molar-refractivity contribution in [1.82, 2.24) is 24.9 Å². The number of fused-ring (bicyclic) bond motifs is 3. The summed E-state index contributed by atoms with van der Waals surface area (Å²) >= 11 is 1.52. The number of thiazole rings is 1. The van der Waals surface area contributed by atoms with Crippen LogP contribution in [0.25, 0.3) is 26.4 Å². The Balaban J connectivity index is 1.23. The third-order valence-corrected chi connectivity index (χ3v) is 8.51. The smallest absolute Gasteiger partial charge is 0.251 e. The van der Waals surface area contributed by atoms with E-state index in [4.69, 9.17) is 4.98 Å². The van der Waals surface area contributed by atoms with Gasteiger partial charge in [0.1, 0.15) is 5.82 Å². The minimum Gasteiger partial charge on any atom is -0.349 e. The highest BCUT2D eigenvalue weighted by atomic mass is 32.1. The lowest BCUT2D eigenvalue weighted by Gasteiger charge is -2.29. The standard InChI is InChI=1S/C27H30FN5OS/c1-32-12-8-20(9-13-32)30-26(34)19-3-5-24-25(15-19)35-27-31-23(16-33(24)27)21-4-2-18(14-22(21)28)17-6-10-29-11-7-17/h2-5,14-17,20,29H,6-13H2,1H3,(H,30,34). The summed E-state index contributed by atoms with van der Waals surface area (Å²) in [7, 11) is 2.11. The molecule has 8 heteroatoms. The van der Waals surface area contributed by atoms with E-state index >= 15 is 4.39 Å². The van der Waals surface area contributed by atoms with Crippen LogP contribution in [0.4, 0.5) is 4.39 Å². The van der Waals surface area contributed by atoms with E-state index in [0.717, 1.165) is 72.6 Å². The van der Waals surface area contributed by atoms with Crippen LogP contribution in [0.1, 0.15) is 47.5 Å². The number of piperidine rings is 2. The number of aromatic nitrogens is 2. The van der Waals surface area contributed by atoms with Crippen LogP contribution >= 0.6 is 11.3 Å². The molecule has 0 bridgehead atoms. The van der Waals surface area contributed by atoms with Crippen LogP contribution in [-0.2, 0) is 0 Å². The van der Waals surface area contributed by atoms with Crippen molar-refractivity contribution in [1.29, 1.82) is 0 Å². The van der Waals surface area contributed by atoms with Gasteiger partial charge in [-0.25, -0.2) is 9.37 Å². The Bertz CT molecular complexity index is 1380. The Morgan fingerprint density at radius 3 is 2.69 bits per heavy atom. The van der Waals surface area contributed by atoms with Crippen LogP contribution in [0.3, 0.4) is 0 Å². The van der Waals surface area contributed by atoms with E-state index in [1.54, 1.807) is 6.07 Å². The molecule has 0 spiro atoms. The fourth-order valence-corrected chi connectivity index (χ4v) is 6.39. The van der Waals surface area contributed by atoms with Gasteiger partial charge in [-0.3, -0.25) is 9.20 Å². The molecule has 4 aromatic rings. The molecule has 2 N–H and O–H groups in total. The lowest BCUT2D eigenvalue weighted by molar-refractivity contribution is 0.0917. The Labute approximate surface area is 208 Å². The molecule has 0 aliphatic carbocycles. The molecular formula is C27H30FN5OS. The fraction of sp³-hybridized carbons (Fsp3) is 0.407. The number of carbonyl (C=O) groups is 1. The van der Waals surface area contributed by atoms with Crippen molar-refractivity contribution in [2.24, 2.45) is 0 Å². The van der Waals surface area contributed by atoms with Crippen molar-refractivity contribution in [2.45, 2.75) is 37.6 Å². The molecule has 0 atom stereocenters. The maximum absolute atomic E-state index is 15.1. The second-order valence-electron chi connectivity index (χ2n) is 9.88. The van der Waals surface area contributed by atoms with Crippen LogP contribution < -0.4 is 10.6 Å². The van der Waals surface area contributed by atoms with Crippen LogP contribution in [0.2, 0.25) is 0 Å². The van der Waals surface area contributed by atoms with Crippen molar-refractivity contribution in [3.63, 3.8) is 0 Å². The number of benzene rings is 2. The summed E-state index contributed by atoms with van der Waals surface area (Å²) in [4.78, 5) is 20.6. The number of carbonyl (C=O) groups excluding carboxylic acids is 1. The minimum absolute atomic E-state index is 0.0240. The van der Waals surface area contributed by atoms with Crippen molar-refractivity contribution in [3.8, 4) is 11.3 Å². The Hall–Kier alpha value is -2.81. The van der Waals surface area contributed by atoms with Crippen molar-refractivity contribution in [3.05, 3.63) is 59.5 Å². The van der Waals surface area contributed by atoms with Gasteiger partial charge in [0.05, 0.1) is 15.9 Å². The third kappa shape index (κ3) is 4.46. The highest BCUT2D eigenvalue weighted by Crippen LogP contribution is 2.33. The first kappa shape index (κ1) is 22.6. The van der Waals surface area contributed by atoms with Gasteiger partial charge in [-0.2, -0.15) is 0 Å². The molecule has 2 aliphatic rings. The van der Waals surface area contributed by atoms with Crippen LogP contribution in [0.15, 0.2) is 42.6 Å². The molecule has 2 fully saturated rings. The van der Waals surface area contributed by atoms with Crippen molar-refractivity contribution >= 4 is 32.4 Å². The molecule has 6 rings (SSSR count). The van der Waals surface area contributed by atoms with E-state index < -0.39 is 0 Å². The van der Waals surface area contributed by atoms with E-state index in [1.807, 2.05) is 34.9 Å². The number of amides is 1. The molecule has 1 amide bonds. The molecule has 182 valence electrons. The van der Waals surface area contributed by atoms with Gasteiger partial charge in [-0.1, -0.05) is 17.4 Å². The number of nitrogens with zero attached hydrogens (tertiary/aromatic N) is 3. The maximum Gasteiger partial charge on any atom is 0.251 e. The quantitative estimate of drug-likeness (QED) is 0.436. The van der Waals surface area contributed by atoms with Crippen LogP contribution in [0, 0.1) is 5.82 Å². The maximum atomic E-state index is 15.1. The van der Waals surface area contributed by atoms with E-state index in [-0.39, 0.29) is 17.8 Å². The normalized spacial score (nSPS) is 18.5. The zero-order chi connectivity index (χ0) is 23.9. The molecule has 0 unspecified atom stereocenters. The average molecular weight is 492 g/mol. The van der Waals surface area contributed by atoms with Gasteiger partial charge < -0.3 is 15.5 Å². The summed E-state index contributed by atoms with van der Waals surface area (Å²) < 4.78 is 18.1. The van der Waals surface area contributed by atoms with Gasteiger partial charge in [0.15, 0.2) is 4.96 Å². The molecule has 4 heterocycles. The second-order valence-corrected chi connectivity index (χ2v) is 10.9. The lowest BCUT2D eigenvalue weighted by Crippen LogP contribution is -2.43. The Morgan fingerprint density at radius 2 is 1.91 bits per heavy atom. The number of rotatable bonds is 4. The van der Waals surface area contributed by atoms with Gasteiger partial charge >= 0.3 is 0 Å². The minimum atomic E-state index is -0.219. The zero-order valence-electron chi connectivity index (χ0n) is 19.9. The second kappa shape index (κ2) is 9.33. The number of hydrogen-bond donors (Lipinski definition) is 2. The predicted octanol–water partition coefficient (Wildman–Crippen LogP) is 4.65. The number of imidazole rings is 1. The largest absolute Gasteiger partial charge is 0.349 e. The molecule has 0 saturated carbocycles. The van der Waals surface area contributed by atoms with E-state index in [9.17, 15) is 4.79 Å². The average Bonchev–Trinajstić information content (AvgIpc) is 3.43. The lowest BCUT2D eigenvalue weighted by atomic mass is 9.89. The molecule has 6 nitrogen and oxygen atoms in total. The number of halogens is 1. The highest BCUT2D eigenvalue weighted by molar-refractivity contribution is 7.23. The number of hydrogen-bond acceptors (Lipinski definition) is 5. The van der Waals surface area contributed by atoms with E-state index in [1.165, 1.54) is 11.3 Å².